The smallest absolute Gasteiger partial charge is 0.216 e. The van der Waals surface area contributed by atoms with Gasteiger partial charge in [-0.15, -0.1) is 0 Å². The number of hydrogen-bond donors (Lipinski definition) is 1. The first-order valence-corrected chi connectivity index (χ1v) is 10.9. The minimum Gasteiger partial charge on any atom is -0.357 e. The Morgan fingerprint density at radius 3 is 2.38 bits per heavy atom. The molecule has 0 amide bonds. The van der Waals surface area contributed by atoms with Crippen molar-refractivity contribution in [2.24, 2.45) is 0 Å². The van der Waals surface area contributed by atoms with E-state index in [1.54, 1.807) is 24.4 Å². The number of benzene rings is 1. The molecule has 3 rings (SSSR count). The molecule has 1 N–H and O–H groups in total. The van der Waals surface area contributed by atoms with E-state index in [0.29, 0.717) is 15.6 Å². The fourth-order valence-corrected chi connectivity index (χ4v) is 4.35. The topological polar surface area (TPSA) is 62.3 Å². The van der Waals surface area contributed by atoms with Crippen LogP contribution in [0.4, 0.5) is 5.82 Å². The summed E-state index contributed by atoms with van der Waals surface area (Å²) in [6.07, 6.45) is 5.39. The highest BCUT2D eigenvalue weighted by Crippen LogP contribution is 2.23. The summed E-state index contributed by atoms with van der Waals surface area (Å²) in [7, 11) is -3.48. The first kappa shape index (κ1) is 19.4. The molecule has 1 saturated heterocycles. The second kappa shape index (κ2) is 8.57. The zero-order valence-corrected chi connectivity index (χ0v) is 16.6. The monoisotopic (exact) mass is 413 g/mol. The maximum atomic E-state index is 12.3. The summed E-state index contributed by atoms with van der Waals surface area (Å²) in [5, 5.41) is 0.748. The van der Waals surface area contributed by atoms with Gasteiger partial charge in [-0.1, -0.05) is 35.3 Å². The van der Waals surface area contributed by atoms with Crippen LogP contribution < -0.4 is 9.62 Å². The molecule has 0 aliphatic carbocycles. The van der Waals surface area contributed by atoms with Crippen LogP contribution in [0.2, 0.25) is 10.0 Å². The van der Waals surface area contributed by atoms with E-state index in [9.17, 15) is 8.42 Å². The van der Waals surface area contributed by atoms with Crippen molar-refractivity contribution >= 4 is 39.0 Å². The molecular weight excluding hydrogens is 393 g/mol. The van der Waals surface area contributed by atoms with Crippen LogP contribution >= 0.6 is 23.2 Å². The summed E-state index contributed by atoms with van der Waals surface area (Å²) in [6.45, 7) is 2.27. The molecule has 8 heteroatoms. The average molecular weight is 414 g/mol. The van der Waals surface area contributed by atoms with Crippen LogP contribution in [0.3, 0.4) is 0 Å². The summed E-state index contributed by atoms with van der Waals surface area (Å²) >= 11 is 11.8. The van der Waals surface area contributed by atoms with Gasteiger partial charge < -0.3 is 4.90 Å². The fraction of sp³-hybridized carbons (Fsp3) is 0.389. The van der Waals surface area contributed by atoms with E-state index < -0.39 is 10.0 Å². The molecule has 5 nitrogen and oxygen atoms in total. The largest absolute Gasteiger partial charge is 0.357 e. The van der Waals surface area contributed by atoms with Crippen molar-refractivity contribution in [3.8, 4) is 0 Å². The molecule has 0 bridgehead atoms. The molecule has 1 aromatic heterocycles. The lowest BCUT2D eigenvalue weighted by Crippen LogP contribution is -2.30. The molecule has 26 heavy (non-hydrogen) atoms. The number of aromatic nitrogens is 1. The summed E-state index contributed by atoms with van der Waals surface area (Å²) in [5.41, 5.74) is 1.41. The Labute approximate surface area is 164 Å². The number of halogens is 2. The van der Waals surface area contributed by atoms with Crippen molar-refractivity contribution in [1.82, 2.24) is 9.71 Å². The molecule has 1 aliphatic rings. The molecule has 0 atom stereocenters. The van der Waals surface area contributed by atoms with Gasteiger partial charge in [-0.2, -0.15) is 0 Å². The Hall–Kier alpha value is -1.34. The van der Waals surface area contributed by atoms with Crippen LogP contribution in [0.1, 0.15) is 30.4 Å². The van der Waals surface area contributed by atoms with Gasteiger partial charge in [0.15, 0.2) is 0 Å². The lowest BCUT2D eigenvalue weighted by Gasteiger charge is -2.27. The van der Waals surface area contributed by atoms with E-state index in [4.69, 9.17) is 23.2 Å². The Morgan fingerprint density at radius 1 is 1.00 bits per heavy atom. The van der Waals surface area contributed by atoms with E-state index >= 15 is 0 Å². The van der Waals surface area contributed by atoms with Gasteiger partial charge in [0.05, 0.1) is 15.8 Å². The maximum absolute atomic E-state index is 12.3. The van der Waals surface area contributed by atoms with E-state index in [2.05, 4.69) is 14.6 Å². The third kappa shape index (κ3) is 5.33. The highest BCUT2D eigenvalue weighted by atomic mass is 35.5. The van der Waals surface area contributed by atoms with Crippen molar-refractivity contribution in [2.75, 3.05) is 18.0 Å². The number of pyridine rings is 1. The Bertz CT molecular complexity index is 851. The van der Waals surface area contributed by atoms with E-state index in [1.165, 1.54) is 19.3 Å². The predicted molar refractivity (Wildman–Crippen MR) is 106 cm³/mol. The van der Waals surface area contributed by atoms with Gasteiger partial charge in [0, 0.05) is 25.8 Å². The van der Waals surface area contributed by atoms with Crippen molar-refractivity contribution in [3.05, 3.63) is 57.7 Å². The Balaban J connectivity index is 1.57. The highest BCUT2D eigenvalue weighted by molar-refractivity contribution is 7.88. The highest BCUT2D eigenvalue weighted by Gasteiger charge is 2.14. The maximum Gasteiger partial charge on any atom is 0.216 e. The van der Waals surface area contributed by atoms with Gasteiger partial charge in [0.25, 0.3) is 0 Å². The van der Waals surface area contributed by atoms with Crippen molar-refractivity contribution < 1.29 is 8.42 Å². The molecule has 0 unspecified atom stereocenters. The second-order valence-corrected chi connectivity index (χ2v) is 9.02. The van der Waals surface area contributed by atoms with Gasteiger partial charge in [-0.05, 0) is 48.6 Å². The Kier molecular flexibility index (Phi) is 6.40. The first-order valence-electron chi connectivity index (χ1n) is 8.54. The third-order valence-electron chi connectivity index (χ3n) is 4.33. The van der Waals surface area contributed by atoms with E-state index in [-0.39, 0.29) is 12.3 Å². The van der Waals surface area contributed by atoms with E-state index in [0.717, 1.165) is 24.5 Å². The van der Waals surface area contributed by atoms with E-state index in [1.807, 2.05) is 12.1 Å². The summed E-state index contributed by atoms with van der Waals surface area (Å²) in [4.78, 5) is 6.73. The predicted octanol–water partition coefficient (Wildman–Crippen LogP) is 4.00. The van der Waals surface area contributed by atoms with Crippen LogP contribution in [0.15, 0.2) is 36.5 Å². The molecule has 0 radical (unpaired) electrons. The molecule has 0 saturated carbocycles. The second-order valence-electron chi connectivity index (χ2n) is 6.40. The molecule has 2 heterocycles. The zero-order chi connectivity index (χ0) is 18.6. The first-order chi connectivity index (χ1) is 12.4. The summed E-state index contributed by atoms with van der Waals surface area (Å²) < 4.78 is 27.1. The molecule has 1 aromatic carbocycles. The minimum atomic E-state index is -3.48. The summed E-state index contributed by atoms with van der Waals surface area (Å²) in [6, 6.07) is 8.69. The number of nitrogens with zero attached hydrogens (tertiary/aromatic N) is 2. The molecule has 1 fully saturated rings. The fourth-order valence-electron chi connectivity index (χ4n) is 2.92. The Morgan fingerprint density at radius 2 is 1.73 bits per heavy atom. The standard InChI is InChI=1S/C18H21Cl2N3O2S/c19-16-6-4-14(10-17(16)20)13-26(24,25)22-12-15-5-7-18(21-11-15)23-8-2-1-3-9-23/h4-7,10-11,22H,1-3,8-9,12-13H2. The van der Waals surface area contributed by atoms with Crippen LogP contribution in [0, 0.1) is 0 Å². The van der Waals surface area contributed by atoms with Crippen molar-refractivity contribution in [3.63, 3.8) is 0 Å². The average Bonchev–Trinajstić information content (AvgIpc) is 2.64. The molecule has 140 valence electrons. The van der Waals surface area contributed by atoms with Gasteiger partial charge in [-0.25, -0.2) is 18.1 Å². The van der Waals surface area contributed by atoms with Crippen LogP contribution in [0.25, 0.3) is 0 Å². The van der Waals surface area contributed by atoms with Gasteiger partial charge >= 0.3 is 0 Å². The van der Waals surface area contributed by atoms with Gasteiger partial charge in [0.1, 0.15) is 5.82 Å². The van der Waals surface area contributed by atoms with Gasteiger partial charge in [-0.3, -0.25) is 0 Å². The van der Waals surface area contributed by atoms with Crippen molar-refractivity contribution in [1.29, 1.82) is 0 Å². The SMILES string of the molecule is O=S(=O)(Cc1ccc(Cl)c(Cl)c1)NCc1ccc(N2CCCCC2)nc1. The normalized spacial score (nSPS) is 15.2. The van der Waals surface area contributed by atoms with Crippen LogP contribution in [0.5, 0.6) is 0 Å². The molecular formula is C18H21Cl2N3O2S. The number of piperidine rings is 1. The van der Waals surface area contributed by atoms with Crippen LogP contribution in [-0.4, -0.2) is 26.5 Å². The number of nitrogens with one attached hydrogen (secondary N) is 1. The molecule has 0 spiro atoms. The quantitative estimate of drug-likeness (QED) is 0.776. The van der Waals surface area contributed by atoms with Crippen molar-refractivity contribution in [2.45, 2.75) is 31.6 Å². The summed E-state index contributed by atoms with van der Waals surface area (Å²) in [5.74, 6) is 0.801. The number of anilines is 1. The number of hydrogen-bond acceptors (Lipinski definition) is 4. The number of rotatable bonds is 6. The lowest BCUT2D eigenvalue weighted by molar-refractivity contribution is 0.573. The van der Waals surface area contributed by atoms with Crippen LogP contribution in [-0.2, 0) is 22.3 Å². The lowest BCUT2D eigenvalue weighted by atomic mass is 10.1. The molecule has 2 aromatic rings. The zero-order valence-electron chi connectivity index (χ0n) is 14.3. The third-order valence-corrected chi connectivity index (χ3v) is 6.36. The van der Waals surface area contributed by atoms with Gasteiger partial charge in [0.2, 0.25) is 10.0 Å². The molecule has 1 aliphatic heterocycles. The number of sulfonamides is 1. The minimum absolute atomic E-state index is 0.150.